The third kappa shape index (κ3) is 9.82. The molecule has 0 bridgehead atoms. The molecule has 0 atom stereocenters. The number of benzene rings is 5. The van der Waals surface area contributed by atoms with Gasteiger partial charge in [-0.25, -0.2) is 0 Å². The van der Waals surface area contributed by atoms with Crippen molar-refractivity contribution in [1.29, 1.82) is 0 Å². The Kier molecular flexibility index (Phi) is 13.5. The summed E-state index contributed by atoms with van der Waals surface area (Å²) in [5, 5.41) is 0.681. The second-order valence-corrected chi connectivity index (χ2v) is 12.2. The quantitative estimate of drug-likeness (QED) is 0.0684. The zero-order chi connectivity index (χ0) is 36.9. The zero-order valence-electron chi connectivity index (χ0n) is 30.2. The maximum absolute atomic E-state index is 6.20. The molecule has 0 amide bonds. The molecule has 0 fully saturated rings. The van der Waals surface area contributed by atoms with E-state index in [2.05, 4.69) is 64.5 Å². The second kappa shape index (κ2) is 18.6. The zero-order valence-corrected chi connectivity index (χ0v) is 31.8. The smallest absolute Gasteiger partial charge is 0.203 e. The lowest BCUT2D eigenvalue weighted by molar-refractivity contribution is 0.289. The highest BCUT2D eigenvalue weighted by Crippen LogP contribution is 2.40. The molecule has 0 aliphatic rings. The first-order chi connectivity index (χ1) is 25.4. The Morgan fingerprint density at radius 1 is 0.404 bits per heavy atom. The van der Waals surface area contributed by atoms with Gasteiger partial charge < -0.3 is 37.9 Å². The van der Waals surface area contributed by atoms with Gasteiger partial charge in [0.2, 0.25) is 11.5 Å². The minimum Gasteiger partial charge on any atom is -0.493 e. The highest BCUT2D eigenvalue weighted by Gasteiger charge is 2.13. The summed E-state index contributed by atoms with van der Waals surface area (Å²) < 4.78 is 45.1. The summed E-state index contributed by atoms with van der Waals surface area (Å²) in [7, 11) is 9.62. The minimum absolute atomic E-state index is 0.424. The molecule has 0 aliphatic carbocycles. The lowest BCUT2D eigenvalue weighted by Crippen LogP contribution is -1.99. The molecule has 0 heterocycles. The second-order valence-electron chi connectivity index (χ2n) is 11.6. The Labute approximate surface area is 314 Å². The van der Waals surface area contributed by atoms with Gasteiger partial charge in [0.05, 0.1) is 42.7 Å². The highest BCUT2D eigenvalue weighted by molar-refractivity contribution is 9.08. The van der Waals surface area contributed by atoms with E-state index in [1.807, 2.05) is 66.8 Å². The van der Waals surface area contributed by atoms with Crippen molar-refractivity contribution >= 4 is 40.2 Å². The molecule has 0 saturated carbocycles. The third-order valence-electron chi connectivity index (χ3n) is 8.18. The van der Waals surface area contributed by atoms with Gasteiger partial charge in [-0.1, -0.05) is 88.8 Å². The van der Waals surface area contributed by atoms with Crippen molar-refractivity contribution in [3.63, 3.8) is 0 Å². The van der Waals surface area contributed by atoms with Crippen LogP contribution in [0.25, 0.3) is 24.3 Å². The summed E-state index contributed by atoms with van der Waals surface area (Å²) in [6, 6.07) is 30.1. The predicted molar refractivity (Wildman–Crippen MR) is 211 cm³/mol. The Balaban J connectivity index is 1.17. The minimum atomic E-state index is 0.424. The summed E-state index contributed by atoms with van der Waals surface area (Å²) >= 11 is 3.58. The number of alkyl halides is 1. The van der Waals surface area contributed by atoms with Crippen molar-refractivity contribution in [2.24, 2.45) is 0 Å². The van der Waals surface area contributed by atoms with E-state index in [4.69, 9.17) is 37.9 Å². The van der Waals surface area contributed by atoms with Crippen LogP contribution in [0.1, 0.15) is 38.9 Å². The molecule has 0 saturated heterocycles. The van der Waals surface area contributed by atoms with Crippen LogP contribution in [0.3, 0.4) is 0 Å². The van der Waals surface area contributed by atoms with Crippen molar-refractivity contribution in [2.45, 2.75) is 18.5 Å². The van der Waals surface area contributed by atoms with Gasteiger partial charge in [0.1, 0.15) is 24.7 Å². The van der Waals surface area contributed by atoms with E-state index in [0.29, 0.717) is 53.0 Å². The third-order valence-corrected chi connectivity index (χ3v) is 8.82. The topological polar surface area (TPSA) is 73.8 Å². The Bertz CT molecular complexity index is 1800. The van der Waals surface area contributed by atoms with Crippen LogP contribution in [-0.2, 0) is 18.5 Å². The van der Waals surface area contributed by atoms with E-state index in [-0.39, 0.29) is 0 Å². The van der Waals surface area contributed by atoms with Gasteiger partial charge in [0.25, 0.3) is 0 Å². The molecule has 0 radical (unpaired) electrons. The van der Waals surface area contributed by atoms with E-state index in [0.717, 1.165) is 50.4 Å². The molecule has 5 aromatic carbocycles. The lowest BCUT2D eigenvalue weighted by atomic mass is 10.1. The van der Waals surface area contributed by atoms with Crippen LogP contribution in [0.4, 0.5) is 0 Å². The van der Waals surface area contributed by atoms with Crippen molar-refractivity contribution in [2.75, 3.05) is 42.7 Å². The average Bonchev–Trinajstić information content (AvgIpc) is 3.20. The van der Waals surface area contributed by atoms with E-state index < -0.39 is 0 Å². The van der Waals surface area contributed by atoms with Crippen LogP contribution >= 0.6 is 15.9 Å². The van der Waals surface area contributed by atoms with E-state index in [1.165, 1.54) is 0 Å². The number of ether oxygens (including phenoxy) is 8. The van der Waals surface area contributed by atoms with Gasteiger partial charge in [-0.3, -0.25) is 0 Å². The van der Waals surface area contributed by atoms with Crippen molar-refractivity contribution < 1.29 is 37.9 Å². The first-order valence-corrected chi connectivity index (χ1v) is 17.6. The van der Waals surface area contributed by atoms with E-state index in [1.54, 1.807) is 42.7 Å². The molecule has 0 aromatic heterocycles. The molecule has 5 aromatic rings. The van der Waals surface area contributed by atoms with E-state index in [9.17, 15) is 0 Å². The van der Waals surface area contributed by atoms with Crippen LogP contribution in [0.15, 0.2) is 91.0 Å². The van der Waals surface area contributed by atoms with Crippen LogP contribution in [0.5, 0.6) is 46.0 Å². The molecule has 0 spiro atoms. The van der Waals surface area contributed by atoms with Gasteiger partial charge in [-0.15, -0.1) is 0 Å². The van der Waals surface area contributed by atoms with Gasteiger partial charge in [-0.05, 0) is 75.3 Å². The van der Waals surface area contributed by atoms with Crippen LogP contribution < -0.4 is 37.9 Å². The molecular weight excluding hydrogens is 724 g/mol. The standard InChI is InChI=1S/C43H43BrO8/c1-45-38-21-33(22-39(46-2)42(38)49-5)17-11-29-7-13-31(14-8-29)27-51-36-19-35(26-44)20-37(25-36)52-28-32-15-9-30(10-16-32)12-18-34-23-40(47-3)43(50-6)41(24-34)48-4/h7-25H,26-28H2,1-6H3/b17-11+,18-12+. The Hall–Kier alpha value is -5.54. The van der Waals surface area contributed by atoms with Gasteiger partial charge in [0, 0.05) is 11.4 Å². The van der Waals surface area contributed by atoms with Crippen LogP contribution in [-0.4, -0.2) is 42.7 Å². The first-order valence-electron chi connectivity index (χ1n) is 16.5. The number of hydrogen-bond donors (Lipinski definition) is 0. The highest BCUT2D eigenvalue weighted by atomic mass is 79.9. The predicted octanol–water partition coefficient (Wildman–Crippen LogP) is 10.1. The average molecular weight is 768 g/mol. The number of halogens is 1. The largest absolute Gasteiger partial charge is 0.493 e. The molecule has 0 N–H and O–H groups in total. The molecular formula is C43H43BrO8. The summed E-state index contributed by atoms with van der Waals surface area (Å²) in [4.78, 5) is 0. The monoisotopic (exact) mass is 766 g/mol. The SMILES string of the molecule is COc1cc(/C=C/c2ccc(COc3cc(CBr)cc(OCc4ccc(/C=C/c5cc(OC)c(OC)c(OC)c5)cc4)c3)cc2)cc(OC)c1OC. The van der Waals surface area contributed by atoms with Gasteiger partial charge in [-0.2, -0.15) is 0 Å². The van der Waals surface area contributed by atoms with Gasteiger partial charge in [0.15, 0.2) is 23.0 Å². The molecule has 52 heavy (non-hydrogen) atoms. The summed E-state index contributed by atoms with van der Waals surface area (Å²) in [5.74, 6) is 5.06. The number of methoxy groups -OCH3 is 6. The maximum atomic E-state index is 6.20. The molecule has 0 aliphatic heterocycles. The van der Waals surface area contributed by atoms with Gasteiger partial charge >= 0.3 is 0 Å². The van der Waals surface area contributed by atoms with Crippen molar-refractivity contribution in [3.05, 3.63) is 130 Å². The molecule has 0 unspecified atom stereocenters. The molecule has 270 valence electrons. The fourth-order valence-corrected chi connectivity index (χ4v) is 5.76. The number of hydrogen-bond acceptors (Lipinski definition) is 8. The normalized spacial score (nSPS) is 11.1. The summed E-state index contributed by atoms with van der Waals surface area (Å²) in [6.45, 7) is 0.847. The van der Waals surface area contributed by atoms with E-state index >= 15 is 0 Å². The van der Waals surface area contributed by atoms with Crippen molar-refractivity contribution in [1.82, 2.24) is 0 Å². The summed E-state index contributed by atoms with van der Waals surface area (Å²) in [6.07, 6.45) is 8.09. The number of rotatable bonds is 17. The first kappa shape index (κ1) is 37.7. The fourth-order valence-electron chi connectivity index (χ4n) is 5.44. The van der Waals surface area contributed by atoms with Crippen molar-refractivity contribution in [3.8, 4) is 46.0 Å². The molecule has 5 rings (SSSR count). The van der Waals surface area contributed by atoms with Crippen LogP contribution in [0.2, 0.25) is 0 Å². The molecule has 9 heteroatoms. The van der Waals surface area contributed by atoms with Crippen LogP contribution in [0, 0.1) is 0 Å². The Morgan fingerprint density at radius 3 is 1.06 bits per heavy atom. The fraction of sp³-hybridized carbons (Fsp3) is 0.209. The summed E-state index contributed by atoms with van der Waals surface area (Å²) in [5.41, 5.74) is 7.14. The Morgan fingerprint density at radius 2 is 0.750 bits per heavy atom. The molecule has 8 nitrogen and oxygen atoms in total. The maximum Gasteiger partial charge on any atom is 0.203 e. The lowest BCUT2D eigenvalue weighted by Gasteiger charge is -2.13.